The number of hydrogen-bond donors (Lipinski definition) is 1. The zero-order valence-electron chi connectivity index (χ0n) is 11.3. The van der Waals surface area contributed by atoms with Crippen LogP contribution in [0.25, 0.3) is 0 Å². The number of ether oxygens (including phenoxy) is 1. The van der Waals surface area contributed by atoms with Gasteiger partial charge >= 0.3 is 5.97 Å². The Morgan fingerprint density at radius 3 is 2.53 bits per heavy atom. The lowest BCUT2D eigenvalue weighted by molar-refractivity contribution is -0.145. The van der Waals surface area contributed by atoms with Crippen LogP contribution in [-0.4, -0.2) is 36.9 Å². The molecule has 0 fully saturated rings. The molecule has 0 amide bonds. The fraction of sp³-hybridized carbons (Fsp3) is 0.500. The number of aliphatic hydroxyl groups is 1. The molecular weight excluding hydrogens is 249 g/mol. The number of nitrogens with zero attached hydrogens (tertiary/aromatic N) is 1. The first kappa shape index (κ1) is 15.4. The molecule has 0 saturated carbocycles. The molecule has 106 valence electrons. The zero-order chi connectivity index (χ0) is 14.3. The molecule has 1 unspecified atom stereocenters. The van der Waals surface area contributed by atoms with E-state index in [1.54, 1.807) is 19.1 Å². The molecule has 1 N–H and O–H groups in total. The lowest BCUT2D eigenvalue weighted by atomic mass is 10.2. The van der Waals surface area contributed by atoms with Crippen LogP contribution in [0.2, 0.25) is 0 Å². The van der Waals surface area contributed by atoms with E-state index in [0.717, 1.165) is 5.69 Å². The Kier molecular flexibility index (Phi) is 6.29. The van der Waals surface area contributed by atoms with Gasteiger partial charge in [0, 0.05) is 18.8 Å². The van der Waals surface area contributed by atoms with Crippen LogP contribution >= 0.6 is 0 Å². The van der Waals surface area contributed by atoms with Gasteiger partial charge in [0.15, 0.2) is 0 Å². The third-order valence-electron chi connectivity index (χ3n) is 2.71. The third kappa shape index (κ3) is 5.26. The monoisotopic (exact) mass is 269 g/mol. The van der Waals surface area contributed by atoms with E-state index in [4.69, 9.17) is 4.74 Å². The second-order valence-electron chi connectivity index (χ2n) is 4.18. The number of aliphatic hydroxyl groups excluding tert-OH is 1. The summed E-state index contributed by atoms with van der Waals surface area (Å²) in [6.07, 6.45) is -0.838. The number of rotatable bonds is 7. The van der Waals surface area contributed by atoms with Gasteiger partial charge in [0.1, 0.15) is 5.82 Å². The lowest BCUT2D eigenvalue weighted by Gasteiger charge is -2.25. The highest BCUT2D eigenvalue weighted by Gasteiger charge is 2.15. The highest BCUT2D eigenvalue weighted by Crippen LogP contribution is 2.15. The van der Waals surface area contributed by atoms with Gasteiger partial charge in [-0.15, -0.1) is 0 Å². The van der Waals surface area contributed by atoms with Gasteiger partial charge in [0.25, 0.3) is 0 Å². The van der Waals surface area contributed by atoms with Crippen LogP contribution in [-0.2, 0) is 9.53 Å². The molecule has 0 radical (unpaired) electrons. The number of anilines is 1. The molecule has 0 saturated heterocycles. The Bertz CT molecular complexity index is 394. The summed E-state index contributed by atoms with van der Waals surface area (Å²) >= 11 is 0. The second kappa shape index (κ2) is 7.74. The number of hydrogen-bond acceptors (Lipinski definition) is 4. The van der Waals surface area contributed by atoms with E-state index in [1.165, 1.54) is 12.1 Å². The molecule has 0 aliphatic rings. The molecule has 4 nitrogen and oxygen atoms in total. The van der Waals surface area contributed by atoms with Gasteiger partial charge in [-0.05, 0) is 38.1 Å². The van der Waals surface area contributed by atoms with Crippen molar-refractivity contribution in [3.63, 3.8) is 0 Å². The van der Waals surface area contributed by atoms with Crippen molar-refractivity contribution in [2.45, 2.75) is 26.4 Å². The maximum atomic E-state index is 12.8. The lowest BCUT2D eigenvalue weighted by Crippen LogP contribution is -2.33. The normalized spacial score (nSPS) is 12.0. The maximum absolute atomic E-state index is 12.8. The van der Waals surface area contributed by atoms with Crippen LogP contribution in [0.3, 0.4) is 0 Å². The molecule has 5 heteroatoms. The van der Waals surface area contributed by atoms with Crippen molar-refractivity contribution in [3.05, 3.63) is 30.1 Å². The average Bonchev–Trinajstić information content (AvgIpc) is 2.37. The predicted octanol–water partition coefficient (Wildman–Crippen LogP) is 1.97. The molecule has 0 aliphatic carbocycles. The molecule has 1 atom stereocenters. The van der Waals surface area contributed by atoms with Crippen LogP contribution in [0.15, 0.2) is 24.3 Å². The van der Waals surface area contributed by atoms with Crippen LogP contribution < -0.4 is 4.90 Å². The first-order chi connectivity index (χ1) is 9.06. The minimum Gasteiger partial charge on any atom is -0.466 e. The molecule has 0 heterocycles. The first-order valence-corrected chi connectivity index (χ1v) is 6.41. The molecule has 19 heavy (non-hydrogen) atoms. The summed E-state index contributed by atoms with van der Waals surface area (Å²) in [6.45, 7) is 4.93. The van der Waals surface area contributed by atoms with Gasteiger partial charge in [-0.2, -0.15) is 0 Å². The molecule has 0 spiro atoms. The van der Waals surface area contributed by atoms with Crippen molar-refractivity contribution < 1.29 is 19.0 Å². The summed E-state index contributed by atoms with van der Waals surface area (Å²) in [7, 11) is 0. The molecule has 0 aliphatic heterocycles. The average molecular weight is 269 g/mol. The smallest absolute Gasteiger partial charge is 0.308 e. The maximum Gasteiger partial charge on any atom is 0.308 e. The summed E-state index contributed by atoms with van der Waals surface area (Å²) in [5.74, 6) is -0.711. The summed E-state index contributed by atoms with van der Waals surface area (Å²) in [5, 5.41) is 9.85. The summed E-state index contributed by atoms with van der Waals surface area (Å²) < 4.78 is 17.6. The Hall–Kier alpha value is -1.62. The minimum absolute atomic E-state index is 0.0362. The fourth-order valence-corrected chi connectivity index (χ4v) is 1.80. The number of carbonyl (C=O) groups is 1. The molecule has 1 rings (SSSR count). The van der Waals surface area contributed by atoms with E-state index in [1.807, 2.05) is 11.8 Å². The first-order valence-electron chi connectivity index (χ1n) is 6.41. The predicted molar refractivity (Wildman–Crippen MR) is 71.5 cm³/mol. The molecule has 0 aromatic heterocycles. The molecule has 0 bridgehead atoms. The number of esters is 1. The second-order valence-corrected chi connectivity index (χ2v) is 4.18. The van der Waals surface area contributed by atoms with E-state index >= 15 is 0 Å². The van der Waals surface area contributed by atoms with E-state index in [-0.39, 0.29) is 12.2 Å². The Morgan fingerprint density at radius 1 is 1.37 bits per heavy atom. The van der Waals surface area contributed by atoms with E-state index < -0.39 is 12.1 Å². The Labute approximate surface area is 112 Å². The summed E-state index contributed by atoms with van der Waals surface area (Å²) in [6, 6.07) is 6.04. The van der Waals surface area contributed by atoms with Crippen LogP contribution in [0.4, 0.5) is 10.1 Å². The van der Waals surface area contributed by atoms with E-state index in [9.17, 15) is 14.3 Å². The molecule has 1 aromatic rings. The standard InChI is InChI=1S/C14H20FNO3/c1-3-16(12-7-5-11(15)6-8-12)10-13(17)9-14(18)19-4-2/h5-8,13,17H,3-4,9-10H2,1-2H3. The van der Waals surface area contributed by atoms with Crippen molar-refractivity contribution in [1.29, 1.82) is 0 Å². The van der Waals surface area contributed by atoms with E-state index in [0.29, 0.717) is 19.7 Å². The van der Waals surface area contributed by atoms with Gasteiger partial charge in [-0.25, -0.2) is 4.39 Å². The van der Waals surface area contributed by atoms with Gasteiger partial charge in [-0.3, -0.25) is 4.79 Å². The highest BCUT2D eigenvalue weighted by molar-refractivity contribution is 5.70. The Morgan fingerprint density at radius 2 is 2.00 bits per heavy atom. The number of benzene rings is 1. The quantitative estimate of drug-likeness (QED) is 0.769. The number of carbonyl (C=O) groups excluding carboxylic acids is 1. The summed E-state index contributed by atoms with van der Waals surface area (Å²) in [4.78, 5) is 13.1. The van der Waals surface area contributed by atoms with Crippen molar-refractivity contribution in [2.75, 3.05) is 24.6 Å². The molecule has 1 aromatic carbocycles. The van der Waals surface area contributed by atoms with Crippen molar-refractivity contribution in [3.8, 4) is 0 Å². The van der Waals surface area contributed by atoms with Crippen molar-refractivity contribution >= 4 is 11.7 Å². The van der Waals surface area contributed by atoms with Gasteiger partial charge in [0.05, 0.1) is 19.1 Å². The van der Waals surface area contributed by atoms with Crippen molar-refractivity contribution in [2.24, 2.45) is 0 Å². The summed E-state index contributed by atoms with van der Waals surface area (Å²) in [5.41, 5.74) is 0.812. The van der Waals surface area contributed by atoms with Crippen molar-refractivity contribution in [1.82, 2.24) is 0 Å². The van der Waals surface area contributed by atoms with Crippen LogP contribution in [0.1, 0.15) is 20.3 Å². The number of likely N-dealkylation sites (N-methyl/N-ethyl adjacent to an activating group) is 1. The minimum atomic E-state index is -0.802. The third-order valence-corrected chi connectivity index (χ3v) is 2.71. The van der Waals surface area contributed by atoms with Gasteiger partial charge < -0.3 is 14.7 Å². The molecular formula is C14H20FNO3. The zero-order valence-corrected chi connectivity index (χ0v) is 11.3. The number of halogens is 1. The topological polar surface area (TPSA) is 49.8 Å². The largest absolute Gasteiger partial charge is 0.466 e. The van der Waals surface area contributed by atoms with Gasteiger partial charge in [-0.1, -0.05) is 0 Å². The van der Waals surface area contributed by atoms with Gasteiger partial charge in [0.2, 0.25) is 0 Å². The van der Waals surface area contributed by atoms with E-state index in [2.05, 4.69) is 0 Å². The van der Waals surface area contributed by atoms with Crippen LogP contribution in [0.5, 0.6) is 0 Å². The Balaban J connectivity index is 2.56. The fourth-order valence-electron chi connectivity index (χ4n) is 1.80. The SMILES string of the molecule is CCOC(=O)CC(O)CN(CC)c1ccc(F)cc1. The highest BCUT2D eigenvalue weighted by atomic mass is 19.1. The van der Waals surface area contributed by atoms with Crippen LogP contribution in [0, 0.1) is 5.82 Å².